The molecule has 0 heterocycles. The van der Waals surface area contributed by atoms with E-state index in [-0.39, 0.29) is 16.8 Å². The number of hydrogen-bond acceptors (Lipinski definition) is 2. The van der Waals surface area contributed by atoms with Gasteiger partial charge in [0.25, 0.3) is 0 Å². The Balaban J connectivity index is 1.16. The molecule has 0 aliphatic heterocycles. The van der Waals surface area contributed by atoms with Crippen LogP contribution in [0.1, 0.15) is 106 Å². The van der Waals surface area contributed by atoms with Crippen molar-refractivity contribution in [3.63, 3.8) is 0 Å². The van der Waals surface area contributed by atoms with Gasteiger partial charge in [0, 0.05) is 29.1 Å². The number of carbonyl (C=O) groups excluding carboxylic acids is 1. The Bertz CT molecular complexity index is 3490. The molecule has 2 heteroatoms. The Morgan fingerprint density at radius 3 is 2.11 bits per heavy atom. The van der Waals surface area contributed by atoms with E-state index in [0.717, 1.165) is 44.9 Å². The molecule has 9 aliphatic rings. The summed E-state index contributed by atoms with van der Waals surface area (Å²) < 4.78 is 5.09. The lowest BCUT2D eigenvalue weighted by molar-refractivity contribution is -0.140. The van der Waals surface area contributed by atoms with Crippen molar-refractivity contribution in [2.24, 2.45) is 5.92 Å². The summed E-state index contributed by atoms with van der Waals surface area (Å²) in [5.41, 5.74) is 23.6. The molecule has 0 N–H and O–H groups in total. The number of benzene rings is 7. The molecule has 0 spiro atoms. The third kappa shape index (κ3) is 2.18. The second kappa shape index (κ2) is 7.58. The van der Waals surface area contributed by atoms with Crippen LogP contribution in [0.25, 0.3) is 86.9 Å². The van der Waals surface area contributed by atoms with Gasteiger partial charge in [0.15, 0.2) is 0 Å². The summed E-state index contributed by atoms with van der Waals surface area (Å²) in [5, 5.41) is 19.3. The molecular formula is C52H32O2. The summed E-state index contributed by atoms with van der Waals surface area (Å²) in [5.74, 6) is 0.780. The zero-order chi connectivity index (χ0) is 34.5. The zero-order valence-corrected chi connectivity index (χ0v) is 30.0. The third-order valence-corrected chi connectivity index (χ3v) is 16.9. The number of methoxy groups -OCH3 is 1. The van der Waals surface area contributed by atoms with Crippen molar-refractivity contribution in [2.75, 3.05) is 7.11 Å². The number of allylic oxidation sites excluding steroid dienone is 8. The second-order valence-electron chi connectivity index (χ2n) is 18.6. The Labute approximate surface area is 310 Å². The highest BCUT2D eigenvalue weighted by Crippen LogP contribution is 2.77. The van der Waals surface area contributed by atoms with Crippen molar-refractivity contribution in [2.45, 2.75) is 68.1 Å². The van der Waals surface area contributed by atoms with Gasteiger partial charge in [0.1, 0.15) is 0 Å². The first-order chi connectivity index (χ1) is 26.6. The molecule has 17 rings (SSSR count). The summed E-state index contributed by atoms with van der Waals surface area (Å²) >= 11 is 0. The first-order valence-corrected chi connectivity index (χ1v) is 20.5. The van der Waals surface area contributed by atoms with Crippen LogP contribution in [0.4, 0.5) is 0 Å². The molecule has 0 aromatic heterocycles. The lowest BCUT2D eigenvalue weighted by Gasteiger charge is -2.54. The molecular weight excluding hydrogens is 657 g/mol. The molecule has 0 bridgehead atoms. The minimum atomic E-state index is -0.293. The summed E-state index contributed by atoms with van der Waals surface area (Å²) in [4.78, 5) is 12.3. The van der Waals surface area contributed by atoms with Crippen LogP contribution >= 0.6 is 0 Å². The fraction of sp³-hybridized carbons (Fsp3) is 0.250. The normalized spacial score (nSPS) is 26.7. The molecule has 8 aromatic carbocycles. The van der Waals surface area contributed by atoms with Crippen LogP contribution in [0.5, 0.6) is 0 Å². The van der Waals surface area contributed by atoms with Gasteiger partial charge in [0.05, 0.1) is 7.11 Å². The van der Waals surface area contributed by atoms with E-state index in [2.05, 4.69) is 66.8 Å². The van der Waals surface area contributed by atoms with Crippen LogP contribution in [0.3, 0.4) is 0 Å². The Morgan fingerprint density at radius 1 is 0.648 bits per heavy atom. The highest BCUT2D eigenvalue weighted by atomic mass is 16.5. The maximum absolute atomic E-state index is 12.3. The quantitative estimate of drug-likeness (QED) is 0.0946. The van der Waals surface area contributed by atoms with Crippen molar-refractivity contribution >= 4 is 92.9 Å². The van der Waals surface area contributed by atoms with Crippen molar-refractivity contribution in [1.29, 1.82) is 0 Å². The number of hydrogen-bond donors (Lipinski definition) is 0. The Hall–Kier alpha value is -5.47. The van der Waals surface area contributed by atoms with E-state index in [9.17, 15) is 4.79 Å². The molecule has 0 saturated carbocycles. The largest absolute Gasteiger partial charge is 0.469 e. The van der Waals surface area contributed by atoms with Gasteiger partial charge in [-0.15, -0.1) is 0 Å². The fourth-order valence-electron chi connectivity index (χ4n) is 15.8. The van der Waals surface area contributed by atoms with Crippen molar-refractivity contribution in [3.8, 4) is 0 Å². The highest BCUT2D eigenvalue weighted by molar-refractivity contribution is 6.53. The second-order valence-corrected chi connectivity index (χ2v) is 18.6. The van der Waals surface area contributed by atoms with Crippen LogP contribution in [-0.4, -0.2) is 13.1 Å². The summed E-state index contributed by atoms with van der Waals surface area (Å²) in [6, 6.07) is 16.9. The molecule has 4 unspecified atom stereocenters. The van der Waals surface area contributed by atoms with Crippen molar-refractivity contribution < 1.29 is 9.53 Å². The van der Waals surface area contributed by atoms with Crippen LogP contribution in [0.15, 0.2) is 66.8 Å². The van der Waals surface area contributed by atoms with E-state index < -0.39 is 0 Å². The van der Waals surface area contributed by atoms with Crippen molar-refractivity contribution in [1.82, 2.24) is 0 Å². The van der Waals surface area contributed by atoms with E-state index in [4.69, 9.17) is 4.74 Å². The zero-order valence-electron chi connectivity index (χ0n) is 30.0. The van der Waals surface area contributed by atoms with E-state index in [1.807, 2.05) is 0 Å². The number of carbonyl (C=O) groups is 1. The summed E-state index contributed by atoms with van der Waals surface area (Å²) in [7, 11) is 1.52. The van der Waals surface area contributed by atoms with Crippen LogP contribution in [0, 0.1) is 5.92 Å². The molecule has 9 aliphatic carbocycles. The maximum atomic E-state index is 12.3. The Morgan fingerprint density at radius 2 is 1.30 bits per heavy atom. The molecule has 0 saturated heterocycles. The SMILES string of the molecule is COC(=O)CCCCCC12c3c4c5c6c7c3c3c1c1c8c9cc%10cc%11c%12c%13c(c7c7c%12c%10c8c37)C6C(C=C5CC4=CC2(c2ccccc2)C=C1C9)C=C%13C%11. The highest BCUT2D eigenvalue weighted by Gasteiger charge is 2.65. The van der Waals surface area contributed by atoms with E-state index in [1.54, 1.807) is 137 Å². The molecule has 0 radical (unpaired) electrons. The minimum Gasteiger partial charge on any atom is -0.469 e. The van der Waals surface area contributed by atoms with E-state index >= 15 is 0 Å². The molecule has 8 aromatic rings. The van der Waals surface area contributed by atoms with Gasteiger partial charge < -0.3 is 4.74 Å². The van der Waals surface area contributed by atoms with Gasteiger partial charge in [-0.1, -0.05) is 79.6 Å². The topological polar surface area (TPSA) is 26.3 Å². The smallest absolute Gasteiger partial charge is 0.305 e. The van der Waals surface area contributed by atoms with Gasteiger partial charge in [-0.25, -0.2) is 0 Å². The predicted octanol–water partition coefficient (Wildman–Crippen LogP) is 11.7. The Kier molecular flexibility index (Phi) is 3.69. The van der Waals surface area contributed by atoms with E-state index in [0.29, 0.717) is 18.3 Å². The first kappa shape index (κ1) is 26.3. The van der Waals surface area contributed by atoms with Gasteiger partial charge in [-0.3, -0.25) is 4.79 Å². The van der Waals surface area contributed by atoms with Gasteiger partial charge in [0.2, 0.25) is 0 Å². The van der Waals surface area contributed by atoms with Gasteiger partial charge in [-0.05, 0) is 180 Å². The van der Waals surface area contributed by atoms with Gasteiger partial charge in [-0.2, -0.15) is 0 Å². The maximum Gasteiger partial charge on any atom is 0.305 e. The summed E-state index contributed by atoms with van der Waals surface area (Å²) in [6.07, 6.45) is 18.8. The van der Waals surface area contributed by atoms with Gasteiger partial charge >= 0.3 is 5.97 Å². The van der Waals surface area contributed by atoms with Crippen LogP contribution in [0.2, 0.25) is 0 Å². The number of esters is 1. The van der Waals surface area contributed by atoms with Crippen molar-refractivity contribution in [3.05, 3.63) is 128 Å². The van der Waals surface area contributed by atoms with Crippen LogP contribution in [-0.2, 0) is 33.2 Å². The monoisotopic (exact) mass is 688 g/mol. The molecule has 252 valence electrons. The van der Waals surface area contributed by atoms with Crippen LogP contribution < -0.4 is 0 Å². The lowest BCUT2D eigenvalue weighted by atomic mass is 9.47. The van der Waals surface area contributed by atoms with E-state index in [1.165, 1.54) is 18.1 Å². The standard InChI is InChI=1S/C52H32O2/c1-54-30(53)10-6-3-7-11-52-49-37-27-17-25-15-23-13-21-12-22-14-24-16-26-18-28(20-51(52,19-27)29-8-4-2-5-9-29)38-34(26)42-36(24)40-32(22)31(21)39-35(23)41(33(25)37)45-43(39)44(40)46(42)48(47(45)49)50(38)52/h2,4-5,8-9,13-16,19-20,23,35H,3,6-7,10-12,17-18H2,1H3. The number of ether oxygens (including phenoxy) is 1. The predicted molar refractivity (Wildman–Crippen MR) is 218 cm³/mol. The number of rotatable bonds is 7. The molecule has 4 atom stereocenters. The minimum absolute atomic E-state index is 0.0881. The number of unbranched alkanes of at least 4 members (excludes halogenated alkanes) is 2. The molecule has 54 heavy (non-hydrogen) atoms. The third-order valence-electron chi connectivity index (χ3n) is 16.9. The fourth-order valence-corrected chi connectivity index (χ4v) is 15.8. The molecule has 0 amide bonds. The average molecular weight is 689 g/mol. The average Bonchev–Trinajstić information content (AvgIpc) is 4.02. The molecule has 0 fully saturated rings. The summed E-state index contributed by atoms with van der Waals surface area (Å²) in [6.45, 7) is 0. The first-order valence-electron chi connectivity index (χ1n) is 20.5. The molecule has 2 nitrogen and oxygen atoms in total. The lowest BCUT2D eigenvalue weighted by Crippen LogP contribution is -2.51.